The van der Waals surface area contributed by atoms with Crippen molar-refractivity contribution in [1.82, 2.24) is 5.32 Å². The Morgan fingerprint density at radius 3 is 3.14 bits per heavy atom. The summed E-state index contributed by atoms with van der Waals surface area (Å²) in [5, 5.41) is 2.88. The first-order valence-electron chi connectivity index (χ1n) is 5.01. The number of anilines is 1. The van der Waals surface area contributed by atoms with Gasteiger partial charge in [0, 0.05) is 18.3 Å². The van der Waals surface area contributed by atoms with Crippen molar-refractivity contribution in [2.24, 2.45) is 0 Å². The van der Waals surface area contributed by atoms with Crippen LogP contribution in [0.25, 0.3) is 0 Å². The first-order chi connectivity index (χ1) is 6.86. The third-order valence-corrected chi connectivity index (χ3v) is 3.04. The molecule has 0 aromatic heterocycles. The summed E-state index contributed by atoms with van der Waals surface area (Å²) in [5.41, 5.74) is 2.39. The molecular formula is C11H12N2O. The number of rotatable bonds is 0. The second kappa shape index (κ2) is 2.74. The van der Waals surface area contributed by atoms with Gasteiger partial charge in [0.25, 0.3) is 0 Å². The molecule has 14 heavy (non-hydrogen) atoms. The Morgan fingerprint density at radius 2 is 2.21 bits per heavy atom. The molecule has 72 valence electrons. The summed E-state index contributed by atoms with van der Waals surface area (Å²) in [6.07, 6.45) is 2.07. The fourth-order valence-electron chi connectivity index (χ4n) is 2.40. The van der Waals surface area contributed by atoms with Crippen molar-refractivity contribution >= 4 is 11.7 Å². The molecule has 2 amide bonds. The van der Waals surface area contributed by atoms with E-state index >= 15 is 0 Å². The lowest BCUT2D eigenvalue weighted by molar-refractivity contribution is 0.239. The number of hydrogen-bond acceptors (Lipinski definition) is 1. The predicted octanol–water partition coefficient (Wildman–Crippen LogP) is 1.53. The molecule has 2 aliphatic rings. The van der Waals surface area contributed by atoms with Crippen LogP contribution in [0.15, 0.2) is 24.3 Å². The standard InChI is InChI=1S/C11H12N2O/c14-11-12-6-5-9-7-8-3-1-2-4-10(8)13(9)11/h1-4,9H,5-7H2,(H,12,14). The van der Waals surface area contributed by atoms with Crippen LogP contribution in [0.2, 0.25) is 0 Å². The summed E-state index contributed by atoms with van der Waals surface area (Å²) in [6, 6.07) is 8.62. The topological polar surface area (TPSA) is 32.3 Å². The molecule has 2 aliphatic heterocycles. The fourth-order valence-corrected chi connectivity index (χ4v) is 2.40. The molecule has 1 fully saturated rings. The SMILES string of the molecule is O=C1NCCC2Cc3ccccc3N12. The molecule has 1 aromatic rings. The second-order valence-electron chi connectivity index (χ2n) is 3.88. The smallest absolute Gasteiger partial charge is 0.322 e. The van der Waals surface area contributed by atoms with E-state index in [0.29, 0.717) is 6.04 Å². The number of carbonyl (C=O) groups excluding carboxylic acids is 1. The van der Waals surface area contributed by atoms with Crippen LogP contribution in [0.4, 0.5) is 10.5 Å². The number of carbonyl (C=O) groups is 1. The lowest BCUT2D eigenvalue weighted by Crippen LogP contribution is -2.50. The van der Waals surface area contributed by atoms with Crippen molar-refractivity contribution in [3.8, 4) is 0 Å². The highest BCUT2D eigenvalue weighted by molar-refractivity contribution is 5.95. The van der Waals surface area contributed by atoms with Crippen LogP contribution < -0.4 is 10.2 Å². The number of fused-ring (bicyclic) bond motifs is 3. The maximum atomic E-state index is 11.7. The molecule has 0 saturated carbocycles. The Kier molecular flexibility index (Phi) is 1.54. The summed E-state index contributed by atoms with van der Waals surface area (Å²) >= 11 is 0. The molecule has 0 radical (unpaired) electrons. The van der Waals surface area contributed by atoms with Gasteiger partial charge >= 0.3 is 6.03 Å². The van der Waals surface area contributed by atoms with Crippen LogP contribution in [0.3, 0.4) is 0 Å². The molecule has 2 heterocycles. The number of para-hydroxylation sites is 1. The highest BCUT2D eigenvalue weighted by atomic mass is 16.2. The summed E-state index contributed by atoms with van der Waals surface area (Å²) in [5.74, 6) is 0. The average Bonchev–Trinajstić information content (AvgIpc) is 2.57. The lowest BCUT2D eigenvalue weighted by Gasteiger charge is -2.30. The van der Waals surface area contributed by atoms with Crippen molar-refractivity contribution < 1.29 is 4.79 Å². The van der Waals surface area contributed by atoms with E-state index in [1.165, 1.54) is 5.56 Å². The van der Waals surface area contributed by atoms with Gasteiger partial charge in [0.2, 0.25) is 0 Å². The van der Waals surface area contributed by atoms with E-state index in [9.17, 15) is 4.79 Å². The highest BCUT2D eigenvalue weighted by Crippen LogP contribution is 2.34. The van der Waals surface area contributed by atoms with Crippen molar-refractivity contribution in [3.05, 3.63) is 29.8 Å². The number of amides is 2. The molecular weight excluding hydrogens is 176 g/mol. The van der Waals surface area contributed by atoms with Crippen LogP contribution >= 0.6 is 0 Å². The average molecular weight is 188 g/mol. The van der Waals surface area contributed by atoms with E-state index in [1.54, 1.807) is 0 Å². The highest BCUT2D eigenvalue weighted by Gasteiger charge is 2.35. The molecule has 3 heteroatoms. The van der Waals surface area contributed by atoms with Gasteiger partial charge in [0.15, 0.2) is 0 Å². The molecule has 3 nitrogen and oxygen atoms in total. The van der Waals surface area contributed by atoms with Crippen LogP contribution in [0.1, 0.15) is 12.0 Å². The molecule has 1 aromatic carbocycles. The third-order valence-electron chi connectivity index (χ3n) is 3.04. The van der Waals surface area contributed by atoms with Crippen molar-refractivity contribution in [2.75, 3.05) is 11.4 Å². The molecule has 3 rings (SSSR count). The number of nitrogens with zero attached hydrogens (tertiary/aromatic N) is 1. The quantitative estimate of drug-likeness (QED) is 0.658. The Labute approximate surface area is 82.7 Å². The van der Waals surface area contributed by atoms with Crippen LogP contribution in [0, 0.1) is 0 Å². The van der Waals surface area contributed by atoms with Gasteiger partial charge in [-0.3, -0.25) is 4.90 Å². The van der Waals surface area contributed by atoms with Crippen LogP contribution in [-0.4, -0.2) is 18.6 Å². The number of nitrogens with one attached hydrogen (secondary N) is 1. The van der Waals surface area contributed by atoms with Gasteiger partial charge in [-0.1, -0.05) is 18.2 Å². The molecule has 0 bridgehead atoms. The molecule has 0 spiro atoms. The molecule has 1 atom stereocenters. The third kappa shape index (κ3) is 0.953. The van der Waals surface area contributed by atoms with Gasteiger partial charge in [-0.05, 0) is 24.5 Å². The first kappa shape index (κ1) is 7.85. The van der Waals surface area contributed by atoms with Gasteiger partial charge in [0.1, 0.15) is 0 Å². The Bertz CT molecular complexity index is 389. The maximum absolute atomic E-state index is 11.7. The van der Waals surface area contributed by atoms with E-state index in [1.807, 2.05) is 23.1 Å². The van der Waals surface area contributed by atoms with Crippen molar-refractivity contribution in [2.45, 2.75) is 18.9 Å². The molecule has 1 N–H and O–H groups in total. The lowest BCUT2D eigenvalue weighted by atomic mass is 10.1. The minimum atomic E-state index is 0.0613. The monoisotopic (exact) mass is 188 g/mol. The normalized spacial score (nSPS) is 24.1. The fraction of sp³-hybridized carbons (Fsp3) is 0.364. The minimum absolute atomic E-state index is 0.0613. The zero-order chi connectivity index (χ0) is 9.54. The van der Waals surface area contributed by atoms with Gasteiger partial charge in [-0.15, -0.1) is 0 Å². The molecule has 0 aliphatic carbocycles. The van der Waals surface area contributed by atoms with E-state index in [4.69, 9.17) is 0 Å². The number of urea groups is 1. The van der Waals surface area contributed by atoms with E-state index < -0.39 is 0 Å². The molecule has 1 unspecified atom stereocenters. The second-order valence-corrected chi connectivity index (χ2v) is 3.88. The van der Waals surface area contributed by atoms with E-state index in [-0.39, 0.29) is 6.03 Å². The van der Waals surface area contributed by atoms with Crippen molar-refractivity contribution in [3.63, 3.8) is 0 Å². The number of hydrogen-bond donors (Lipinski definition) is 1. The summed E-state index contributed by atoms with van der Waals surface area (Å²) in [7, 11) is 0. The summed E-state index contributed by atoms with van der Waals surface area (Å²) in [4.78, 5) is 13.6. The Hall–Kier alpha value is -1.51. The first-order valence-corrected chi connectivity index (χ1v) is 5.01. The Balaban J connectivity index is 2.07. The predicted molar refractivity (Wildman–Crippen MR) is 54.4 cm³/mol. The van der Waals surface area contributed by atoms with E-state index in [0.717, 1.165) is 25.1 Å². The van der Waals surface area contributed by atoms with Gasteiger partial charge in [-0.2, -0.15) is 0 Å². The minimum Gasteiger partial charge on any atom is -0.338 e. The van der Waals surface area contributed by atoms with Crippen molar-refractivity contribution in [1.29, 1.82) is 0 Å². The number of benzene rings is 1. The molecule has 1 saturated heterocycles. The van der Waals surface area contributed by atoms with Gasteiger partial charge in [-0.25, -0.2) is 4.79 Å². The zero-order valence-corrected chi connectivity index (χ0v) is 7.86. The van der Waals surface area contributed by atoms with Crippen LogP contribution in [0.5, 0.6) is 0 Å². The van der Waals surface area contributed by atoms with Gasteiger partial charge in [0.05, 0.1) is 0 Å². The maximum Gasteiger partial charge on any atom is 0.322 e. The van der Waals surface area contributed by atoms with Gasteiger partial charge < -0.3 is 5.32 Å². The Morgan fingerprint density at radius 1 is 1.36 bits per heavy atom. The largest absolute Gasteiger partial charge is 0.338 e. The summed E-state index contributed by atoms with van der Waals surface area (Å²) < 4.78 is 0. The van der Waals surface area contributed by atoms with Crippen LogP contribution in [-0.2, 0) is 6.42 Å². The zero-order valence-electron chi connectivity index (χ0n) is 7.86. The summed E-state index contributed by atoms with van der Waals surface area (Å²) in [6.45, 7) is 0.813. The van der Waals surface area contributed by atoms with E-state index in [2.05, 4.69) is 11.4 Å².